The number of nitrogens with one attached hydrogen (secondary N) is 1. The van der Waals surface area contributed by atoms with Crippen molar-refractivity contribution in [1.82, 2.24) is 15.2 Å². The first-order valence-corrected chi connectivity index (χ1v) is 5.87. The minimum Gasteiger partial charge on any atom is -0.397 e. The highest BCUT2D eigenvalue weighted by atomic mass is 16.1. The number of pyridine rings is 1. The first kappa shape index (κ1) is 11.4. The van der Waals surface area contributed by atoms with Gasteiger partial charge >= 0.3 is 0 Å². The van der Waals surface area contributed by atoms with E-state index in [2.05, 4.69) is 15.2 Å². The monoisotopic (exact) mass is 252 g/mol. The fourth-order valence-corrected chi connectivity index (χ4v) is 2.09. The lowest BCUT2D eigenvalue weighted by Gasteiger charge is -2.05. The van der Waals surface area contributed by atoms with Crippen molar-refractivity contribution in [3.05, 3.63) is 53.3 Å². The van der Waals surface area contributed by atoms with Crippen LogP contribution >= 0.6 is 0 Å². The van der Waals surface area contributed by atoms with Crippen LogP contribution in [-0.4, -0.2) is 21.0 Å². The number of aryl methyl sites for hydroxylation is 1. The van der Waals surface area contributed by atoms with Gasteiger partial charge in [0.05, 0.1) is 16.6 Å². The maximum absolute atomic E-state index is 12.4. The average Bonchev–Trinajstić information content (AvgIpc) is 2.82. The molecule has 3 rings (SSSR count). The predicted molar refractivity (Wildman–Crippen MR) is 72.9 cm³/mol. The molecule has 0 saturated carbocycles. The Balaban J connectivity index is 2.18. The molecule has 5 nitrogen and oxygen atoms in total. The summed E-state index contributed by atoms with van der Waals surface area (Å²) in [5, 5.41) is 7.55. The van der Waals surface area contributed by atoms with Crippen LogP contribution in [0, 0.1) is 6.92 Å². The van der Waals surface area contributed by atoms with Gasteiger partial charge in [-0.25, -0.2) is 4.98 Å². The van der Waals surface area contributed by atoms with Gasteiger partial charge in [0.2, 0.25) is 0 Å². The third-order valence-corrected chi connectivity index (χ3v) is 3.08. The molecule has 0 aliphatic heterocycles. The van der Waals surface area contributed by atoms with Gasteiger partial charge < -0.3 is 5.73 Å². The molecule has 0 atom stereocenters. The molecule has 0 bridgehead atoms. The summed E-state index contributed by atoms with van der Waals surface area (Å²) in [6.07, 6.45) is 1.48. The Morgan fingerprint density at radius 3 is 2.74 bits per heavy atom. The van der Waals surface area contributed by atoms with E-state index in [4.69, 9.17) is 5.73 Å². The van der Waals surface area contributed by atoms with Gasteiger partial charge in [-0.1, -0.05) is 30.3 Å². The molecular weight excluding hydrogens is 240 g/mol. The fraction of sp³-hybridized carbons (Fsp3) is 0.0714. The summed E-state index contributed by atoms with van der Waals surface area (Å²) >= 11 is 0. The van der Waals surface area contributed by atoms with Gasteiger partial charge in [0.1, 0.15) is 0 Å². The van der Waals surface area contributed by atoms with E-state index in [9.17, 15) is 4.79 Å². The SMILES string of the molecule is Cc1[nH]nc2ncc(C(=O)c3ccccc3)c(N)c12. The van der Waals surface area contributed by atoms with Crippen molar-refractivity contribution >= 4 is 22.5 Å². The normalized spacial score (nSPS) is 10.8. The minimum absolute atomic E-state index is 0.131. The standard InChI is InChI=1S/C14H12N4O/c1-8-11-12(15)10(7-16-14(11)18-17-8)13(19)9-5-3-2-4-6-9/h2-7H,1H3,(H3,15,16,17,18). The molecule has 1 aromatic carbocycles. The molecule has 19 heavy (non-hydrogen) atoms. The van der Waals surface area contributed by atoms with Crippen molar-refractivity contribution in [2.24, 2.45) is 0 Å². The second-order valence-electron chi connectivity index (χ2n) is 4.33. The number of nitrogens with two attached hydrogens (primary N) is 1. The number of rotatable bonds is 2. The van der Waals surface area contributed by atoms with Gasteiger partial charge in [0.15, 0.2) is 11.4 Å². The van der Waals surface area contributed by atoms with E-state index in [1.807, 2.05) is 25.1 Å². The third-order valence-electron chi connectivity index (χ3n) is 3.08. The lowest BCUT2D eigenvalue weighted by Crippen LogP contribution is -2.06. The molecule has 0 spiro atoms. The number of nitrogen functional groups attached to an aromatic ring is 1. The molecule has 3 N–H and O–H groups in total. The molecule has 0 aliphatic carbocycles. The number of aromatic amines is 1. The first-order valence-electron chi connectivity index (χ1n) is 5.87. The number of H-pyrrole nitrogens is 1. The topological polar surface area (TPSA) is 84.7 Å². The zero-order valence-corrected chi connectivity index (χ0v) is 10.3. The number of aromatic nitrogens is 3. The molecule has 0 unspecified atom stereocenters. The molecule has 0 aliphatic rings. The molecule has 0 fully saturated rings. The quantitative estimate of drug-likeness (QED) is 0.684. The molecule has 0 radical (unpaired) electrons. The first-order chi connectivity index (χ1) is 9.18. The Hall–Kier alpha value is -2.69. The molecule has 0 saturated heterocycles. The summed E-state index contributed by atoms with van der Waals surface area (Å²) in [7, 11) is 0. The highest BCUT2D eigenvalue weighted by Gasteiger charge is 2.17. The van der Waals surface area contributed by atoms with E-state index in [1.165, 1.54) is 6.20 Å². The van der Waals surface area contributed by atoms with Crippen molar-refractivity contribution in [3.8, 4) is 0 Å². The number of anilines is 1. The van der Waals surface area contributed by atoms with E-state index in [0.29, 0.717) is 27.8 Å². The molecule has 94 valence electrons. The number of nitrogens with zero attached hydrogens (tertiary/aromatic N) is 2. The summed E-state index contributed by atoms with van der Waals surface area (Å²) in [6.45, 7) is 1.85. The largest absolute Gasteiger partial charge is 0.397 e. The van der Waals surface area contributed by atoms with Crippen LogP contribution in [0.15, 0.2) is 36.5 Å². The van der Waals surface area contributed by atoms with E-state index >= 15 is 0 Å². The van der Waals surface area contributed by atoms with Gasteiger partial charge in [-0.2, -0.15) is 5.10 Å². The van der Waals surface area contributed by atoms with Gasteiger partial charge in [-0.15, -0.1) is 0 Å². The van der Waals surface area contributed by atoms with Crippen LogP contribution < -0.4 is 5.73 Å². The van der Waals surface area contributed by atoms with Crippen molar-refractivity contribution in [2.75, 3.05) is 5.73 Å². The van der Waals surface area contributed by atoms with Gasteiger partial charge in [0, 0.05) is 17.5 Å². The lowest BCUT2D eigenvalue weighted by molar-refractivity contribution is 0.103. The number of hydrogen-bond acceptors (Lipinski definition) is 4. The van der Waals surface area contributed by atoms with Crippen LogP contribution in [0.5, 0.6) is 0 Å². The Morgan fingerprint density at radius 2 is 2.00 bits per heavy atom. The van der Waals surface area contributed by atoms with Crippen molar-refractivity contribution < 1.29 is 4.79 Å². The molecular formula is C14H12N4O. The predicted octanol–water partition coefficient (Wildman–Crippen LogP) is 2.08. The summed E-state index contributed by atoms with van der Waals surface area (Å²) in [4.78, 5) is 16.6. The van der Waals surface area contributed by atoms with Crippen LogP contribution in [0.25, 0.3) is 11.0 Å². The summed E-state index contributed by atoms with van der Waals surface area (Å²) < 4.78 is 0. The Bertz CT molecular complexity index is 762. The second kappa shape index (κ2) is 4.20. The molecule has 2 aromatic heterocycles. The summed E-state index contributed by atoms with van der Waals surface area (Å²) in [5.74, 6) is -0.131. The van der Waals surface area contributed by atoms with Crippen LogP contribution in [-0.2, 0) is 0 Å². The fourth-order valence-electron chi connectivity index (χ4n) is 2.09. The third kappa shape index (κ3) is 1.76. The molecule has 2 heterocycles. The Morgan fingerprint density at radius 1 is 1.26 bits per heavy atom. The van der Waals surface area contributed by atoms with Crippen LogP contribution in [0.1, 0.15) is 21.6 Å². The van der Waals surface area contributed by atoms with E-state index in [0.717, 1.165) is 5.69 Å². The van der Waals surface area contributed by atoms with Crippen LogP contribution in [0.4, 0.5) is 5.69 Å². The smallest absolute Gasteiger partial charge is 0.196 e. The van der Waals surface area contributed by atoms with Gasteiger partial charge in [-0.05, 0) is 6.92 Å². The average molecular weight is 252 g/mol. The van der Waals surface area contributed by atoms with Gasteiger partial charge in [0.25, 0.3) is 0 Å². The maximum Gasteiger partial charge on any atom is 0.196 e. The number of fused-ring (bicyclic) bond motifs is 1. The molecule has 5 heteroatoms. The van der Waals surface area contributed by atoms with Gasteiger partial charge in [-0.3, -0.25) is 9.89 Å². The lowest BCUT2D eigenvalue weighted by atomic mass is 10.0. The second-order valence-corrected chi connectivity index (χ2v) is 4.33. The minimum atomic E-state index is -0.131. The van der Waals surface area contributed by atoms with Crippen molar-refractivity contribution in [3.63, 3.8) is 0 Å². The van der Waals surface area contributed by atoms with Crippen molar-refractivity contribution in [2.45, 2.75) is 6.92 Å². The number of ketones is 1. The maximum atomic E-state index is 12.4. The van der Waals surface area contributed by atoms with E-state index < -0.39 is 0 Å². The van der Waals surface area contributed by atoms with Crippen LogP contribution in [0.3, 0.4) is 0 Å². The number of carbonyl (C=O) groups is 1. The van der Waals surface area contributed by atoms with Crippen molar-refractivity contribution in [1.29, 1.82) is 0 Å². The zero-order chi connectivity index (χ0) is 13.4. The van der Waals surface area contributed by atoms with Crippen LogP contribution in [0.2, 0.25) is 0 Å². The Kier molecular flexibility index (Phi) is 2.52. The number of carbonyl (C=O) groups excluding carboxylic acids is 1. The van der Waals surface area contributed by atoms with E-state index in [-0.39, 0.29) is 5.78 Å². The highest BCUT2D eigenvalue weighted by Crippen LogP contribution is 2.25. The number of benzene rings is 1. The van der Waals surface area contributed by atoms with E-state index in [1.54, 1.807) is 12.1 Å². The highest BCUT2D eigenvalue weighted by molar-refractivity contribution is 6.15. The summed E-state index contributed by atoms with van der Waals surface area (Å²) in [6, 6.07) is 9.02. The number of hydrogen-bond donors (Lipinski definition) is 2. The summed E-state index contributed by atoms with van der Waals surface area (Å²) in [5.41, 5.74) is 8.84. The zero-order valence-electron chi connectivity index (χ0n) is 10.3. The molecule has 0 amide bonds. The Labute approximate surface area is 109 Å². The molecule has 3 aromatic rings.